The minimum absolute atomic E-state index is 0.0178. The summed E-state index contributed by atoms with van der Waals surface area (Å²) in [6, 6.07) is 0.301. The fourth-order valence-electron chi connectivity index (χ4n) is 4.77. The lowest BCUT2D eigenvalue weighted by atomic mass is 9.94. The molecule has 0 bridgehead atoms. The lowest BCUT2D eigenvalue weighted by Crippen LogP contribution is -2.42. The van der Waals surface area contributed by atoms with E-state index in [1.165, 1.54) is 36.1 Å². The summed E-state index contributed by atoms with van der Waals surface area (Å²) in [6.45, 7) is 0.636. The Morgan fingerprint density at radius 2 is 1.83 bits per heavy atom. The maximum Gasteiger partial charge on any atom is 0.263 e. The summed E-state index contributed by atoms with van der Waals surface area (Å²) in [7, 11) is 5.83. The van der Waals surface area contributed by atoms with Gasteiger partial charge in [0.25, 0.3) is 5.56 Å². The van der Waals surface area contributed by atoms with Gasteiger partial charge in [0.2, 0.25) is 5.91 Å². The zero-order valence-corrected chi connectivity index (χ0v) is 18.7. The van der Waals surface area contributed by atoms with Crippen molar-refractivity contribution in [1.29, 1.82) is 0 Å². The molecule has 0 spiro atoms. The van der Waals surface area contributed by atoms with Crippen molar-refractivity contribution in [3.63, 3.8) is 0 Å². The Kier molecular flexibility index (Phi) is 6.06. The van der Waals surface area contributed by atoms with Crippen LogP contribution in [0.25, 0.3) is 10.2 Å². The van der Waals surface area contributed by atoms with Crippen LogP contribution >= 0.6 is 11.3 Å². The number of hydrogen-bond donors (Lipinski definition) is 0. The third kappa shape index (κ3) is 4.12. The van der Waals surface area contributed by atoms with Crippen LogP contribution in [0.15, 0.2) is 4.79 Å². The molecule has 2 aliphatic carbocycles. The molecular formula is C22H32N4O2S. The van der Waals surface area contributed by atoms with E-state index in [0.29, 0.717) is 18.4 Å². The Morgan fingerprint density at radius 1 is 1.10 bits per heavy atom. The smallest absolute Gasteiger partial charge is 0.263 e. The van der Waals surface area contributed by atoms with Crippen LogP contribution < -0.4 is 5.56 Å². The largest absolute Gasteiger partial charge is 0.341 e. The van der Waals surface area contributed by atoms with Gasteiger partial charge in [-0.15, -0.1) is 11.3 Å². The molecule has 0 N–H and O–H groups in total. The number of hydrogen-bond acceptors (Lipinski definition) is 5. The monoisotopic (exact) mass is 416 g/mol. The van der Waals surface area contributed by atoms with E-state index in [1.807, 2.05) is 30.9 Å². The molecule has 6 nitrogen and oxygen atoms in total. The highest BCUT2D eigenvalue weighted by atomic mass is 32.1. The number of fused-ring (bicyclic) bond motifs is 3. The van der Waals surface area contributed by atoms with Crippen molar-refractivity contribution in [3.05, 3.63) is 26.6 Å². The maximum atomic E-state index is 13.5. The highest BCUT2D eigenvalue weighted by Gasteiger charge is 2.26. The van der Waals surface area contributed by atoms with Gasteiger partial charge in [-0.05, 0) is 58.2 Å². The number of likely N-dealkylation sites (N-methyl/N-ethyl adjacent to an activating group) is 1. The summed E-state index contributed by atoms with van der Waals surface area (Å²) in [4.78, 5) is 37.6. The van der Waals surface area contributed by atoms with Crippen LogP contribution in [-0.4, -0.2) is 52.4 Å². The van der Waals surface area contributed by atoms with Crippen LogP contribution in [0.3, 0.4) is 0 Å². The Morgan fingerprint density at radius 3 is 2.55 bits per heavy atom. The molecule has 2 aromatic heterocycles. The summed E-state index contributed by atoms with van der Waals surface area (Å²) in [5, 5.41) is 0.764. The van der Waals surface area contributed by atoms with E-state index in [9.17, 15) is 9.59 Å². The number of aromatic nitrogens is 2. The quantitative estimate of drug-likeness (QED) is 0.751. The molecule has 0 aliphatic heterocycles. The zero-order valence-electron chi connectivity index (χ0n) is 17.9. The SMILES string of the molecule is CN(C)Cc1nc2sc3c(c2c(=O)n1CC(=O)N(C)C1CCCCC1)CCCC3. The first-order chi connectivity index (χ1) is 14.0. The number of carbonyl (C=O) groups excluding carboxylic acids is 1. The van der Waals surface area contributed by atoms with Crippen molar-refractivity contribution in [3.8, 4) is 0 Å². The minimum atomic E-state index is -0.0309. The van der Waals surface area contributed by atoms with Crippen LogP contribution in [0.4, 0.5) is 0 Å². The van der Waals surface area contributed by atoms with E-state index in [2.05, 4.69) is 0 Å². The van der Waals surface area contributed by atoms with Gasteiger partial charge in [-0.1, -0.05) is 19.3 Å². The highest BCUT2D eigenvalue weighted by molar-refractivity contribution is 7.18. The van der Waals surface area contributed by atoms with Crippen molar-refractivity contribution < 1.29 is 4.79 Å². The van der Waals surface area contributed by atoms with Gasteiger partial charge in [0.1, 0.15) is 17.2 Å². The van der Waals surface area contributed by atoms with Gasteiger partial charge in [-0.3, -0.25) is 14.2 Å². The van der Waals surface area contributed by atoms with Crippen LogP contribution in [0.5, 0.6) is 0 Å². The molecule has 7 heteroatoms. The molecule has 0 atom stereocenters. The Hall–Kier alpha value is -1.73. The molecule has 2 heterocycles. The average molecular weight is 417 g/mol. The van der Waals surface area contributed by atoms with Gasteiger partial charge in [0.05, 0.1) is 11.9 Å². The van der Waals surface area contributed by atoms with E-state index in [-0.39, 0.29) is 18.0 Å². The second-order valence-electron chi connectivity index (χ2n) is 8.84. The first kappa shape index (κ1) is 20.5. The number of nitrogens with zero attached hydrogens (tertiary/aromatic N) is 4. The van der Waals surface area contributed by atoms with Gasteiger partial charge < -0.3 is 9.80 Å². The topological polar surface area (TPSA) is 58.4 Å². The van der Waals surface area contributed by atoms with E-state index in [1.54, 1.807) is 15.9 Å². The van der Waals surface area contributed by atoms with E-state index >= 15 is 0 Å². The van der Waals surface area contributed by atoms with Gasteiger partial charge >= 0.3 is 0 Å². The maximum absolute atomic E-state index is 13.5. The molecule has 2 aromatic rings. The second-order valence-corrected chi connectivity index (χ2v) is 9.93. The molecule has 29 heavy (non-hydrogen) atoms. The second kappa shape index (κ2) is 8.56. The number of amides is 1. The molecule has 0 unspecified atom stereocenters. The van der Waals surface area contributed by atoms with Crippen molar-refractivity contribution in [1.82, 2.24) is 19.4 Å². The predicted molar refractivity (Wildman–Crippen MR) is 118 cm³/mol. The van der Waals surface area contributed by atoms with Gasteiger partial charge in [-0.2, -0.15) is 0 Å². The summed E-state index contributed by atoms with van der Waals surface area (Å²) in [5.74, 6) is 0.709. The molecule has 4 rings (SSSR count). The predicted octanol–water partition coefficient (Wildman–Crippen LogP) is 3.19. The fraction of sp³-hybridized carbons (Fsp3) is 0.682. The Balaban J connectivity index is 1.71. The normalized spacial score (nSPS) is 17.7. The van der Waals surface area contributed by atoms with E-state index < -0.39 is 0 Å². The first-order valence-corrected chi connectivity index (χ1v) is 11.7. The molecule has 1 saturated carbocycles. The van der Waals surface area contributed by atoms with Crippen LogP contribution in [0.2, 0.25) is 0 Å². The Labute approximate surface area is 176 Å². The summed E-state index contributed by atoms with van der Waals surface area (Å²) < 4.78 is 1.64. The average Bonchev–Trinajstić information content (AvgIpc) is 3.08. The van der Waals surface area contributed by atoms with Crippen molar-refractivity contribution in [2.24, 2.45) is 0 Å². The van der Waals surface area contributed by atoms with Gasteiger partial charge in [0.15, 0.2) is 0 Å². The molecule has 2 aliphatic rings. The van der Waals surface area contributed by atoms with Crippen LogP contribution in [0, 0.1) is 0 Å². The van der Waals surface area contributed by atoms with Gasteiger partial charge in [0, 0.05) is 18.0 Å². The third-order valence-corrected chi connectivity index (χ3v) is 7.61. The number of thiophene rings is 1. The van der Waals surface area contributed by atoms with Crippen molar-refractivity contribution in [2.45, 2.75) is 76.9 Å². The summed E-state index contributed by atoms with van der Waals surface area (Å²) in [6.07, 6.45) is 10.1. The molecule has 1 fully saturated rings. The summed E-state index contributed by atoms with van der Waals surface area (Å²) >= 11 is 1.67. The first-order valence-electron chi connectivity index (χ1n) is 10.9. The molecule has 158 valence electrons. The van der Waals surface area contributed by atoms with Gasteiger partial charge in [-0.25, -0.2) is 4.98 Å². The highest BCUT2D eigenvalue weighted by Crippen LogP contribution is 2.34. The number of rotatable bonds is 5. The molecule has 0 radical (unpaired) electrons. The fourth-order valence-corrected chi connectivity index (χ4v) is 6.04. The lowest BCUT2D eigenvalue weighted by Gasteiger charge is -2.31. The van der Waals surface area contributed by atoms with E-state index in [0.717, 1.165) is 42.3 Å². The Bertz CT molecular complexity index is 956. The van der Waals surface area contributed by atoms with Crippen LogP contribution in [0.1, 0.15) is 61.2 Å². The third-order valence-electron chi connectivity index (χ3n) is 6.42. The number of aryl methyl sites for hydroxylation is 2. The van der Waals surface area contributed by atoms with Crippen molar-refractivity contribution in [2.75, 3.05) is 21.1 Å². The van der Waals surface area contributed by atoms with E-state index in [4.69, 9.17) is 4.98 Å². The molecule has 0 saturated heterocycles. The standard InChI is InChI=1S/C22H32N4O2S/c1-24(2)13-18-23-21-20(16-11-7-8-12-17(16)29-21)22(28)26(18)14-19(27)25(3)15-9-5-4-6-10-15/h15H,4-14H2,1-3H3. The number of carbonyl (C=O) groups is 1. The zero-order chi connectivity index (χ0) is 20.5. The van der Waals surface area contributed by atoms with Crippen LogP contribution in [-0.2, 0) is 30.7 Å². The molecule has 0 aromatic carbocycles. The molecule has 1 amide bonds. The minimum Gasteiger partial charge on any atom is -0.341 e. The molecular weight excluding hydrogens is 384 g/mol. The lowest BCUT2D eigenvalue weighted by molar-refractivity contribution is -0.133. The van der Waals surface area contributed by atoms with Crippen molar-refractivity contribution >= 4 is 27.5 Å². The summed E-state index contributed by atoms with van der Waals surface area (Å²) in [5.41, 5.74) is 1.16.